The zero-order valence-electron chi connectivity index (χ0n) is 12.3. The van der Waals surface area contributed by atoms with E-state index in [2.05, 4.69) is 47.7 Å². The SMILES string of the molecule is CCC(C)N(CCOC)C(CN)c1cc(Br)c(C)s1. The van der Waals surface area contributed by atoms with Gasteiger partial charge >= 0.3 is 0 Å². The second-order valence-electron chi connectivity index (χ2n) is 4.79. The number of halogens is 1. The minimum atomic E-state index is 0.278. The van der Waals surface area contributed by atoms with Gasteiger partial charge in [0.05, 0.1) is 12.6 Å². The van der Waals surface area contributed by atoms with E-state index in [-0.39, 0.29) is 6.04 Å². The monoisotopic (exact) mass is 348 g/mol. The number of nitrogens with zero attached hydrogens (tertiary/aromatic N) is 1. The van der Waals surface area contributed by atoms with Crippen molar-refractivity contribution in [2.75, 3.05) is 26.8 Å². The highest BCUT2D eigenvalue weighted by atomic mass is 79.9. The van der Waals surface area contributed by atoms with Crippen molar-refractivity contribution in [3.8, 4) is 0 Å². The largest absolute Gasteiger partial charge is 0.383 e. The van der Waals surface area contributed by atoms with E-state index in [1.807, 2.05) is 11.3 Å². The molecule has 19 heavy (non-hydrogen) atoms. The molecule has 0 aromatic carbocycles. The van der Waals surface area contributed by atoms with E-state index in [9.17, 15) is 0 Å². The average molecular weight is 349 g/mol. The summed E-state index contributed by atoms with van der Waals surface area (Å²) in [5.74, 6) is 0. The molecule has 0 bridgehead atoms. The van der Waals surface area contributed by atoms with Gasteiger partial charge in [-0.25, -0.2) is 0 Å². The Bertz CT molecular complexity index is 364. The van der Waals surface area contributed by atoms with Crippen LogP contribution in [0.2, 0.25) is 0 Å². The van der Waals surface area contributed by atoms with Gasteiger partial charge in [0.25, 0.3) is 0 Å². The third kappa shape index (κ3) is 4.53. The van der Waals surface area contributed by atoms with Gasteiger partial charge < -0.3 is 10.5 Å². The fraction of sp³-hybridized carbons (Fsp3) is 0.714. The first-order chi connectivity index (χ1) is 9.04. The predicted molar refractivity (Wildman–Crippen MR) is 86.9 cm³/mol. The molecule has 5 heteroatoms. The smallest absolute Gasteiger partial charge is 0.0590 e. The molecule has 110 valence electrons. The van der Waals surface area contributed by atoms with Crippen LogP contribution in [0.25, 0.3) is 0 Å². The third-order valence-corrected chi connectivity index (χ3v) is 5.78. The highest BCUT2D eigenvalue weighted by molar-refractivity contribution is 9.10. The van der Waals surface area contributed by atoms with E-state index in [1.165, 1.54) is 14.2 Å². The zero-order valence-corrected chi connectivity index (χ0v) is 14.7. The molecule has 0 aliphatic carbocycles. The molecule has 3 nitrogen and oxygen atoms in total. The molecule has 0 fully saturated rings. The molecule has 1 heterocycles. The lowest BCUT2D eigenvalue weighted by Gasteiger charge is -2.35. The molecule has 0 amide bonds. The molecule has 0 aliphatic heterocycles. The van der Waals surface area contributed by atoms with Crippen LogP contribution in [0.4, 0.5) is 0 Å². The van der Waals surface area contributed by atoms with E-state index >= 15 is 0 Å². The number of hydrogen-bond donors (Lipinski definition) is 1. The Labute approximate surface area is 129 Å². The quantitative estimate of drug-likeness (QED) is 0.780. The molecule has 0 aliphatic rings. The minimum Gasteiger partial charge on any atom is -0.383 e. The van der Waals surface area contributed by atoms with Crippen molar-refractivity contribution in [3.63, 3.8) is 0 Å². The molecule has 1 rings (SSSR count). The summed E-state index contributed by atoms with van der Waals surface area (Å²) in [4.78, 5) is 5.11. The van der Waals surface area contributed by atoms with Crippen LogP contribution in [0, 0.1) is 6.92 Å². The van der Waals surface area contributed by atoms with Crippen LogP contribution in [0.1, 0.15) is 36.1 Å². The number of aryl methyl sites for hydroxylation is 1. The van der Waals surface area contributed by atoms with Crippen molar-refractivity contribution in [2.24, 2.45) is 5.73 Å². The van der Waals surface area contributed by atoms with Crippen LogP contribution in [-0.4, -0.2) is 37.7 Å². The fourth-order valence-electron chi connectivity index (χ4n) is 2.18. The maximum Gasteiger partial charge on any atom is 0.0590 e. The van der Waals surface area contributed by atoms with Gasteiger partial charge in [0, 0.05) is 40.5 Å². The molecule has 1 aromatic heterocycles. The Morgan fingerprint density at radius 1 is 1.53 bits per heavy atom. The lowest BCUT2D eigenvalue weighted by Crippen LogP contribution is -2.41. The van der Waals surface area contributed by atoms with Crippen LogP contribution in [0.5, 0.6) is 0 Å². The number of nitrogens with two attached hydrogens (primary N) is 1. The summed E-state index contributed by atoms with van der Waals surface area (Å²) in [6.07, 6.45) is 1.12. The van der Waals surface area contributed by atoms with Crippen molar-refractivity contribution in [2.45, 2.75) is 39.3 Å². The summed E-state index contributed by atoms with van der Waals surface area (Å²) >= 11 is 5.42. The normalized spacial score (nSPS) is 14.9. The fourth-order valence-corrected chi connectivity index (χ4v) is 3.87. The van der Waals surface area contributed by atoms with Crippen molar-refractivity contribution < 1.29 is 4.74 Å². The van der Waals surface area contributed by atoms with E-state index < -0.39 is 0 Å². The van der Waals surface area contributed by atoms with Crippen molar-refractivity contribution in [1.82, 2.24) is 4.90 Å². The Hall–Kier alpha value is 0.0600. The number of ether oxygens (including phenoxy) is 1. The second-order valence-corrected chi connectivity index (χ2v) is 6.93. The van der Waals surface area contributed by atoms with E-state index in [1.54, 1.807) is 7.11 Å². The third-order valence-electron chi connectivity index (χ3n) is 3.54. The molecule has 2 unspecified atom stereocenters. The van der Waals surface area contributed by atoms with Gasteiger partial charge in [-0.3, -0.25) is 4.90 Å². The second kappa shape index (κ2) is 8.37. The minimum absolute atomic E-state index is 0.278. The summed E-state index contributed by atoms with van der Waals surface area (Å²) < 4.78 is 6.42. The van der Waals surface area contributed by atoms with Gasteiger partial charge in [-0.05, 0) is 42.3 Å². The lowest BCUT2D eigenvalue weighted by atomic mass is 10.1. The maximum absolute atomic E-state index is 6.04. The van der Waals surface area contributed by atoms with Gasteiger partial charge in [0.2, 0.25) is 0 Å². The van der Waals surface area contributed by atoms with E-state index in [0.29, 0.717) is 12.6 Å². The molecule has 0 radical (unpaired) electrons. The molecule has 0 saturated heterocycles. The summed E-state index contributed by atoms with van der Waals surface area (Å²) in [5, 5.41) is 0. The van der Waals surface area contributed by atoms with Gasteiger partial charge in [-0.1, -0.05) is 6.92 Å². The van der Waals surface area contributed by atoms with Crippen LogP contribution in [0.3, 0.4) is 0 Å². The molecular formula is C14H25BrN2OS. The predicted octanol–water partition coefficient (Wildman–Crippen LogP) is 3.57. The van der Waals surface area contributed by atoms with Crippen molar-refractivity contribution in [3.05, 3.63) is 20.3 Å². The average Bonchev–Trinajstić information content (AvgIpc) is 2.73. The van der Waals surface area contributed by atoms with Gasteiger partial charge in [-0.15, -0.1) is 11.3 Å². The highest BCUT2D eigenvalue weighted by Gasteiger charge is 2.24. The van der Waals surface area contributed by atoms with E-state index in [4.69, 9.17) is 10.5 Å². The molecule has 2 N–H and O–H groups in total. The van der Waals surface area contributed by atoms with Gasteiger partial charge in [-0.2, -0.15) is 0 Å². The molecule has 1 aromatic rings. The molecule has 0 saturated carbocycles. The van der Waals surface area contributed by atoms with Crippen molar-refractivity contribution >= 4 is 27.3 Å². The molecular weight excluding hydrogens is 324 g/mol. The maximum atomic E-state index is 6.04. The first kappa shape index (κ1) is 17.1. The van der Waals surface area contributed by atoms with Gasteiger partial charge in [0.1, 0.15) is 0 Å². The Morgan fingerprint density at radius 2 is 2.21 bits per heavy atom. The van der Waals surface area contributed by atoms with Gasteiger partial charge in [0.15, 0.2) is 0 Å². The molecule has 2 atom stereocenters. The van der Waals surface area contributed by atoms with Crippen LogP contribution < -0.4 is 5.73 Å². The number of rotatable bonds is 8. The first-order valence-corrected chi connectivity index (χ1v) is 8.36. The van der Waals surface area contributed by atoms with Crippen LogP contribution >= 0.6 is 27.3 Å². The Morgan fingerprint density at radius 3 is 2.63 bits per heavy atom. The Kier molecular flexibility index (Phi) is 7.54. The Balaban J connectivity index is 2.94. The summed E-state index contributed by atoms with van der Waals surface area (Å²) in [7, 11) is 1.75. The topological polar surface area (TPSA) is 38.5 Å². The summed E-state index contributed by atoms with van der Waals surface area (Å²) in [6.45, 7) is 8.91. The first-order valence-electron chi connectivity index (χ1n) is 6.75. The summed E-state index contributed by atoms with van der Waals surface area (Å²) in [5.41, 5.74) is 6.04. The standard InChI is InChI=1S/C14H25BrN2OS/c1-5-10(2)17(6-7-18-4)13(9-16)14-8-12(15)11(3)19-14/h8,10,13H,5-7,9,16H2,1-4H3. The van der Waals surface area contributed by atoms with Crippen LogP contribution in [0.15, 0.2) is 10.5 Å². The van der Waals surface area contributed by atoms with E-state index in [0.717, 1.165) is 19.6 Å². The summed E-state index contributed by atoms with van der Waals surface area (Å²) in [6, 6.07) is 2.99. The molecule has 0 spiro atoms. The van der Waals surface area contributed by atoms with Crippen LogP contribution in [-0.2, 0) is 4.74 Å². The van der Waals surface area contributed by atoms with Crippen molar-refractivity contribution in [1.29, 1.82) is 0 Å². The zero-order chi connectivity index (χ0) is 14.4. The number of methoxy groups -OCH3 is 1. The number of thiophene rings is 1. The lowest BCUT2D eigenvalue weighted by molar-refractivity contribution is 0.0915. The highest BCUT2D eigenvalue weighted by Crippen LogP contribution is 2.34. The number of hydrogen-bond acceptors (Lipinski definition) is 4.